The smallest absolute Gasteiger partial charge is 0.339 e. The highest BCUT2D eigenvalue weighted by atomic mass is 16.5. The quantitative estimate of drug-likeness (QED) is 0.628. The number of rotatable bonds is 6. The number of nitrogens with one attached hydrogen (secondary N) is 1. The largest absolute Gasteiger partial charge is 0.495 e. The lowest BCUT2D eigenvalue weighted by Gasteiger charge is -2.10. The minimum Gasteiger partial charge on any atom is -0.495 e. The summed E-state index contributed by atoms with van der Waals surface area (Å²) >= 11 is 0. The third-order valence-corrected chi connectivity index (χ3v) is 3.54. The minimum absolute atomic E-state index is 0.194. The van der Waals surface area contributed by atoms with Crippen LogP contribution >= 0.6 is 0 Å². The third-order valence-electron chi connectivity index (χ3n) is 3.54. The van der Waals surface area contributed by atoms with Crippen molar-refractivity contribution in [1.82, 2.24) is 0 Å². The SMILES string of the molecule is COC(=O)c1ccccc1NC(=O)CCc1ccc(OC)c(N)c1. The van der Waals surface area contributed by atoms with Crippen molar-refractivity contribution in [3.05, 3.63) is 53.6 Å². The molecular weight excluding hydrogens is 308 g/mol. The zero-order chi connectivity index (χ0) is 17.5. The van der Waals surface area contributed by atoms with E-state index in [4.69, 9.17) is 15.2 Å². The molecule has 6 heteroatoms. The lowest BCUT2D eigenvalue weighted by atomic mass is 10.1. The number of nitrogens with two attached hydrogens (primary N) is 1. The Kier molecular flexibility index (Phi) is 5.78. The summed E-state index contributed by atoms with van der Waals surface area (Å²) in [5.74, 6) is -0.0789. The van der Waals surface area contributed by atoms with Gasteiger partial charge in [0.25, 0.3) is 0 Å². The molecule has 0 bridgehead atoms. The molecule has 0 aromatic heterocycles. The van der Waals surface area contributed by atoms with Crippen LogP contribution in [-0.4, -0.2) is 26.1 Å². The first kappa shape index (κ1) is 17.3. The molecular formula is C18H20N2O4. The third kappa shape index (κ3) is 4.25. The van der Waals surface area contributed by atoms with Crippen LogP contribution in [0.1, 0.15) is 22.3 Å². The monoisotopic (exact) mass is 328 g/mol. The number of amides is 1. The fourth-order valence-electron chi connectivity index (χ4n) is 2.29. The van der Waals surface area contributed by atoms with Gasteiger partial charge in [0.1, 0.15) is 5.75 Å². The van der Waals surface area contributed by atoms with Crippen LogP contribution < -0.4 is 15.8 Å². The molecule has 2 aromatic carbocycles. The average molecular weight is 328 g/mol. The number of carbonyl (C=O) groups excluding carboxylic acids is 2. The van der Waals surface area contributed by atoms with E-state index < -0.39 is 5.97 Å². The second-order valence-corrected chi connectivity index (χ2v) is 5.16. The van der Waals surface area contributed by atoms with Crippen molar-refractivity contribution in [3.8, 4) is 5.75 Å². The number of ether oxygens (including phenoxy) is 2. The van der Waals surface area contributed by atoms with Crippen molar-refractivity contribution in [2.24, 2.45) is 0 Å². The molecule has 2 aromatic rings. The van der Waals surface area contributed by atoms with E-state index in [1.165, 1.54) is 7.11 Å². The second kappa shape index (κ2) is 8.01. The lowest BCUT2D eigenvalue weighted by Crippen LogP contribution is -2.15. The molecule has 0 unspecified atom stereocenters. The number of carbonyl (C=O) groups is 2. The van der Waals surface area contributed by atoms with Crippen LogP contribution in [0.4, 0.5) is 11.4 Å². The van der Waals surface area contributed by atoms with E-state index in [0.29, 0.717) is 29.1 Å². The van der Waals surface area contributed by atoms with E-state index in [9.17, 15) is 9.59 Å². The predicted molar refractivity (Wildman–Crippen MR) is 92.1 cm³/mol. The van der Waals surface area contributed by atoms with Gasteiger partial charge < -0.3 is 20.5 Å². The van der Waals surface area contributed by atoms with Crippen molar-refractivity contribution >= 4 is 23.3 Å². The Hall–Kier alpha value is -3.02. The average Bonchev–Trinajstić information content (AvgIpc) is 2.60. The van der Waals surface area contributed by atoms with Crippen LogP contribution in [0, 0.1) is 0 Å². The Morgan fingerprint density at radius 2 is 1.88 bits per heavy atom. The van der Waals surface area contributed by atoms with E-state index in [-0.39, 0.29) is 12.3 Å². The normalized spacial score (nSPS) is 10.1. The van der Waals surface area contributed by atoms with Crippen LogP contribution in [0.25, 0.3) is 0 Å². The van der Waals surface area contributed by atoms with Crippen molar-refractivity contribution in [1.29, 1.82) is 0 Å². The van der Waals surface area contributed by atoms with Gasteiger partial charge in [0.15, 0.2) is 0 Å². The van der Waals surface area contributed by atoms with Crippen LogP contribution in [0.5, 0.6) is 5.75 Å². The van der Waals surface area contributed by atoms with Crippen molar-refractivity contribution in [2.75, 3.05) is 25.3 Å². The van der Waals surface area contributed by atoms with Gasteiger partial charge in [-0.1, -0.05) is 18.2 Å². The molecule has 2 rings (SSSR count). The molecule has 0 spiro atoms. The van der Waals surface area contributed by atoms with Gasteiger partial charge in [0, 0.05) is 6.42 Å². The topological polar surface area (TPSA) is 90.6 Å². The Bertz CT molecular complexity index is 744. The molecule has 1 amide bonds. The molecule has 0 saturated heterocycles. The van der Waals surface area contributed by atoms with Gasteiger partial charge in [-0.15, -0.1) is 0 Å². The molecule has 0 aliphatic rings. The van der Waals surface area contributed by atoms with Gasteiger partial charge in [-0.25, -0.2) is 4.79 Å². The summed E-state index contributed by atoms with van der Waals surface area (Å²) in [6.07, 6.45) is 0.793. The van der Waals surface area contributed by atoms with Gasteiger partial charge >= 0.3 is 5.97 Å². The molecule has 0 heterocycles. The molecule has 0 fully saturated rings. The van der Waals surface area contributed by atoms with Gasteiger partial charge in [0.05, 0.1) is 31.2 Å². The summed E-state index contributed by atoms with van der Waals surface area (Å²) < 4.78 is 9.81. The number of hydrogen-bond acceptors (Lipinski definition) is 5. The summed E-state index contributed by atoms with van der Waals surface area (Å²) in [6.45, 7) is 0. The number of methoxy groups -OCH3 is 2. The summed E-state index contributed by atoms with van der Waals surface area (Å²) in [5, 5.41) is 2.74. The molecule has 3 N–H and O–H groups in total. The first-order valence-electron chi connectivity index (χ1n) is 7.44. The Morgan fingerprint density at radius 3 is 2.54 bits per heavy atom. The van der Waals surface area contributed by atoms with E-state index in [1.807, 2.05) is 6.07 Å². The molecule has 0 saturated carbocycles. The number of benzene rings is 2. The Labute approximate surface area is 140 Å². The number of para-hydroxylation sites is 1. The summed E-state index contributed by atoms with van der Waals surface area (Å²) in [7, 11) is 2.85. The van der Waals surface area contributed by atoms with Gasteiger partial charge in [-0.05, 0) is 36.2 Å². The van der Waals surface area contributed by atoms with Crippen LogP contribution in [0.15, 0.2) is 42.5 Å². The molecule has 126 valence electrons. The highest BCUT2D eigenvalue weighted by Crippen LogP contribution is 2.23. The van der Waals surface area contributed by atoms with Crippen LogP contribution in [0.3, 0.4) is 0 Å². The second-order valence-electron chi connectivity index (χ2n) is 5.16. The van der Waals surface area contributed by atoms with Crippen LogP contribution in [0.2, 0.25) is 0 Å². The molecule has 6 nitrogen and oxygen atoms in total. The minimum atomic E-state index is -0.492. The zero-order valence-electron chi connectivity index (χ0n) is 13.7. The maximum Gasteiger partial charge on any atom is 0.339 e. The van der Waals surface area contributed by atoms with Gasteiger partial charge in [-0.2, -0.15) is 0 Å². The van der Waals surface area contributed by atoms with E-state index >= 15 is 0 Å². The predicted octanol–water partition coefficient (Wildman–Crippen LogP) is 2.64. The van der Waals surface area contributed by atoms with Gasteiger partial charge in [0.2, 0.25) is 5.91 Å². The lowest BCUT2D eigenvalue weighted by molar-refractivity contribution is -0.116. The Balaban J connectivity index is 1.99. The number of hydrogen-bond donors (Lipinski definition) is 2. The van der Waals surface area contributed by atoms with Crippen molar-refractivity contribution in [2.45, 2.75) is 12.8 Å². The zero-order valence-corrected chi connectivity index (χ0v) is 13.7. The first-order chi connectivity index (χ1) is 11.5. The molecule has 0 radical (unpaired) electrons. The Morgan fingerprint density at radius 1 is 1.12 bits per heavy atom. The number of aryl methyl sites for hydroxylation is 1. The summed E-state index contributed by atoms with van der Waals surface area (Å²) in [4.78, 5) is 23.8. The molecule has 0 aliphatic heterocycles. The molecule has 24 heavy (non-hydrogen) atoms. The number of nitrogen functional groups attached to an aromatic ring is 1. The highest BCUT2D eigenvalue weighted by molar-refractivity contribution is 6.01. The fraction of sp³-hybridized carbons (Fsp3) is 0.222. The van der Waals surface area contributed by atoms with E-state index in [0.717, 1.165) is 5.56 Å². The van der Waals surface area contributed by atoms with Gasteiger partial charge in [-0.3, -0.25) is 4.79 Å². The number of esters is 1. The molecule has 0 atom stereocenters. The van der Waals surface area contributed by atoms with Crippen molar-refractivity contribution in [3.63, 3.8) is 0 Å². The maximum atomic E-state index is 12.1. The maximum absolute atomic E-state index is 12.1. The highest BCUT2D eigenvalue weighted by Gasteiger charge is 2.13. The number of anilines is 2. The first-order valence-corrected chi connectivity index (χ1v) is 7.44. The standard InChI is InChI=1S/C18H20N2O4/c1-23-16-9-7-12(11-14(16)19)8-10-17(21)20-15-6-4-3-5-13(15)18(22)24-2/h3-7,9,11H,8,10,19H2,1-2H3,(H,20,21). The summed E-state index contributed by atoms with van der Waals surface area (Å²) in [5.41, 5.74) is 8.08. The molecule has 0 aliphatic carbocycles. The van der Waals surface area contributed by atoms with Crippen molar-refractivity contribution < 1.29 is 19.1 Å². The van der Waals surface area contributed by atoms with E-state index in [1.54, 1.807) is 43.5 Å². The summed E-state index contributed by atoms with van der Waals surface area (Å²) in [6, 6.07) is 12.1. The van der Waals surface area contributed by atoms with Crippen LogP contribution in [-0.2, 0) is 16.0 Å². The fourth-order valence-corrected chi connectivity index (χ4v) is 2.29. The van der Waals surface area contributed by atoms with E-state index in [2.05, 4.69) is 5.32 Å².